The van der Waals surface area contributed by atoms with Gasteiger partial charge >= 0.3 is 0 Å². The Labute approximate surface area is 145 Å². The minimum absolute atomic E-state index is 0.117. The molecular weight excluding hydrogens is 389 g/mol. The minimum Gasteiger partial charge on any atom is -0.481 e. The first-order chi connectivity index (χ1) is 10.5. The Morgan fingerprint density at radius 3 is 2.64 bits per heavy atom. The van der Waals surface area contributed by atoms with Crippen LogP contribution in [0.5, 0.6) is 5.75 Å². The molecule has 0 radical (unpaired) electrons. The SMILES string of the molecule is CCC(Oc1cccc(C)c1)C(=O)Nc1ccc(I)cc1C. The normalized spacial score (nSPS) is 11.8. The molecule has 2 aromatic rings. The van der Waals surface area contributed by atoms with Crippen LogP contribution < -0.4 is 10.1 Å². The fraction of sp³-hybridized carbons (Fsp3) is 0.278. The maximum Gasteiger partial charge on any atom is 0.265 e. The van der Waals surface area contributed by atoms with Crippen molar-refractivity contribution >= 4 is 34.2 Å². The molecule has 4 heteroatoms. The van der Waals surface area contributed by atoms with Gasteiger partial charge in [-0.1, -0.05) is 19.1 Å². The Hall–Kier alpha value is -1.56. The molecule has 0 aliphatic heterocycles. The molecule has 1 unspecified atom stereocenters. The van der Waals surface area contributed by atoms with E-state index in [4.69, 9.17) is 4.74 Å². The van der Waals surface area contributed by atoms with Crippen molar-refractivity contribution in [1.82, 2.24) is 0 Å². The van der Waals surface area contributed by atoms with Crippen LogP contribution in [0.3, 0.4) is 0 Å². The largest absolute Gasteiger partial charge is 0.481 e. The van der Waals surface area contributed by atoms with Crippen molar-refractivity contribution in [2.75, 3.05) is 5.32 Å². The van der Waals surface area contributed by atoms with Crippen molar-refractivity contribution in [2.24, 2.45) is 0 Å². The molecule has 0 aliphatic rings. The lowest BCUT2D eigenvalue weighted by molar-refractivity contribution is -0.122. The third-order valence-corrected chi connectivity index (χ3v) is 4.05. The number of halogens is 1. The minimum atomic E-state index is -0.500. The second-order valence-electron chi connectivity index (χ2n) is 5.28. The van der Waals surface area contributed by atoms with Gasteiger partial charge in [0.05, 0.1) is 0 Å². The average Bonchev–Trinajstić information content (AvgIpc) is 2.47. The number of benzene rings is 2. The van der Waals surface area contributed by atoms with Crippen molar-refractivity contribution in [2.45, 2.75) is 33.3 Å². The van der Waals surface area contributed by atoms with Crippen LogP contribution in [0.15, 0.2) is 42.5 Å². The number of hydrogen-bond donors (Lipinski definition) is 1. The van der Waals surface area contributed by atoms with Crippen molar-refractivity contribution in [3.8, 4) is 5.75 Å². The van der Waals surface area contributed by atoms with Crippen LogP contribution >= 0.6 is 22.6 Å². The van der Waals surface area contributed by atoms with Gasteiger partial charge in [0.1, 0.15) is 5.75 Å². The Morgan fingerprint density at radius 2 is 2.00 bits per heavy atom. The molecule has 116 valence electrons. The highest BCUT2D eigenvalue weighted by Gasteiger charge is 2.19. The monoisotopic (exact) mass is 409 g/mol. The third kappa shape index (κ3) is 4.47. The number of hydrogen-bond acceptors (Lipinski definition) is 2. The van der Waals surface area contributed by atoms with E-state index in [0.29, 0.717) is 6.42 Å². The third-order valence-electron chi connectivity index (χ3n) is 3.38. The molecule has 3 nitrogen and oxygen atoms in total. The number of anilines is 1. The molecule has 1 N–H and O–H groups in total. The predicted molar refractivity (Wildman–Crippen MR) is 98.4 cm³/mol. The Balaban J connectivity index is 2.08. The van der Waals surface area contributed by atoms with E-state index in [1.807, 2.05) is 63.2 Å². The smallest absolute Gasteiger partial charge is 0.265 e. The number of carbonyl (C=O) groups is 1. The molecule has 0 aliphatic carbocycles. The van der Waals surface area contributed by atoms with Gasteiger partial charge in [-0.25, -0.2) is 0 Å². The van der Waals surface area contributed by atoms with E-state index in [0.717, 1.165) is 26.1 Å². The maximum absolute atomic E-state index is 12.4. The molecule has 0 saturated carbocycles. The molecule has 2 aromatic carbocycles. The topological polar surface area (TPSA) is 38.3 Å². The molecule has 0 saturated heterocycles. The van der Waals surface area contributed by atoms with Crippen LogP contribution in [0.4, 0.5) is 5.69 Å². The highest BCUT2D eigenvalue weighted by atomic mass is 127. The lowest BCUT2D eigenvalue weighted by Crippen LogP contribution is -2.32. The summed E-state index contributed by atoms with van der Waals surface area (Å²) in [6.45, 7) is 5.93. The Bertz CT molecular complexity index is 670. The second kappa shape index (κ2) is 7.63. The molecule has 0 spiro atoms. The average molecular weight is 409 g/mol. The van der Waals surface area contributed by atoms with Crippen LogP contribution in [-0.2, 0) is 4.79 Å². The van der Waals surface area contributed by atoms with Crippen LogP contribution in [-0.4, -0.2) is 12.0 Å². The van der Waals surface area contributed by atoms with E-state index in [2.05, 4.69) is 27.9 Å². The van der Waals surface area contributed by atoms with E-state index >= 15 is 0 Å². The molecule has 2 rings (SSSR count). The Kier molecular flexibility index (Phi) is 5.83. The fourth-order valence-corrected chi connectivity index (χ4v) is 2.80. The van der Waals surface area contributed by atoms with Crippen LogP contribution in [0, 0.1) is 17.4 Å². The zero-order valence-electron chi connectivity index (χ0n) is 13.0. The van der Waals surface area contributed by atoms with Gasteiger partial charge in [0.25, 0.3) is 5.91 Å². The molecule has 0 heterocycles. The quantitative estimate of drug-likeness (QED) is 0.727. The fourth-order valence-electron chi connectivity index (χ4n) is 2.16. The summed E-state index contributed by atoms with van der Waals surface area (Å²) in [5, 5.41) is 2.96. The van der Waals surface area contributed by atoms with E-state index in [9.17, 15) is 4.79 Å². The predicted octanol–water partition coefficient (Wildman–Crippen LogP) is 4.70. The highest BCUT2D eigenvalue weighted by Crippen LogP contribution is 2.20. The molecule has 0 bridgehead atoms. The maximum atomic E-state index is 12.4. The summed E-state index contributed by atoms with van der Waals surface area (Å²) >= 11 is 2.26. The van der Waals surface area contributed by atoms with Gasteiger partial charge in [0, 0.05) is 9.26 Å². The molecule has 0 aromatic heterocycles. The van der Waals surface area contributed by atoms with Crippen LogP contribution in [0.1, 0.15) is 24.5 Å². The van der Waals surface area contributed by atoms with Gasteiger partial charge in [-0.05, 0) is 84.3 Å². The summed E-state index contributed by atoms with van der Waals surface area (Å²) in [6.07, 6.45) is 0.115. The second-order valence-corrected chi connectivity index (χ2v) is 6.53. The number of ether oxygens (including phenoxy) is 1. The number of aryl methyl sites for hydroxylation is 2. The zero-order valence-corrected chi connectivity index (χ0v) is 15.2. The lowest BCUT2D eigenvalue weighted by atomic mass is 10.2. The van der Waals surface area contributed by atoms with Crippen molar-refractivity contribution in [1.29, 1.82) is 0 Å². The van der Waals surface area contributed by atoms with Gasteiger partial charge < -0.3 is 10.1 Å². The van der Waals surface area contributed by atoms with Gasteiger partial charge in [0.15, 0.2) is 6.10 Å². The van der Waals surface area contributed by atoms with Gasteiger partial charge in [0.2, 0.25) is 0 Å². The van der Waals surface area contributed by atoms with Gasteiger partial charge in [-0.3, -0.25) is 4.79 Å². The molecular formula is C18H20INO2. The van der Waals surface area contributed by atoms with Crippen LogP contribution in [0.2, 0.25) is 0 Å². The summed E-state index contributed by atoms with van der Waals surface area (Å²) in [5.74, 6) is 0.606. The summed E-state index contributed by atoms with van der Waals surface area (Å²) in [4.78, 5) is 12.4. The standard InChI is InChI=1S/C18H20INO2/c1-4-17(22-15-7-5-6-12(2)10-15)18(21)20-16-9-8-14(19)11-13(16)3/h5-11,17H,4H2,1-3H3,(H,20,21). The van der Waals surface area contributed by atoms with Gasteiger partial charge in [-0.2, -0.15) is 0 Å². The number of rotatable bonds is 5. The first-order valence-corrected chi connectivity index (χ1v) is 8.38. The first-order valence-electron chi connectivity index (χ1n) is 7.30. The molecule has 1 amide bonds. The zero-order chi connectivity index (χ0) is 16.1. The first kappa shape index (κ1) is 16.8. The molecule has 0 fully saturated rings. The summed E-state index contributed by atoms with van der Waals surface area (Å²) < 4.78 is 6.98. The van der Waals surface area contributed by atoms with Crippen molar-refractivity contribution in [3.05, 3.63) is 57.2 Å². The molecule has 1 atom stereocenters. The van der Waals surface area contributed by atoms with E-state index in [1.54, 1.807) is 0 Å². The number of nitrogens with one attached hydrogen (secondary N) is 1. The Morgan fingerprint density at radius 1 is 1.23 bits per heavy atom. The molecule has 22 heavy (non-hydrogen) atoms. The number of carbonyl (C=O) groups excluding carboxylic acids is 1. The van der Waals surface area contributed by atoms with E-state index in [-0.39, 0.29) is 5.91 Å². The van der Waals surface area contributed by atoms with E-state index < -0.39 is 6.10 Å². The van der Waals surface area contributed by atoms with Gasteiger partial charge in [-0.15, -0.1) is 0 Å². The van der Waals surface area contributed by atoms with E-state index in [1.165, 1.54) is 0 Å². The highest BCUT2D eigenvalue weighted by molar-refractivity contribution is 14.1. The summed E-state index contributed by atoms with van der Waals surface area (Å²) in [5.41, 5.74) is 2.99. The number of amides is 1. The summed E-state index contributed by atoms with van der Waals surface area (Å²) in [6, 6.07) is 13.7. The summed E-state index contributed by atoms with van der Waals surface area (Å²) in [7, 11) is 0. The van der Waals surface area contributed by atoms with Crippen molar-refractivity contribution < 1.29 is 9.53 Å². The lowest BCUT2D eigenvalue weighted by Gasteiger charge is -2.18. The van der Waals surface area contributed by atoms with Crippen LogP contribution in [0.25, 0.3) is 0 Å². The van der Waals surface area contributed by atoms with Crippen molar-refractivity contribution in [3.63, 3.8) is 0 Å².